The molecule has 0 spiro atoms. The summed E-state index contributed by atoms with van der Waals surface area (Å²) in [6.45, 7) is 5.09. The van der Waals surface area contributed by atoms with Crippen LogP contribution in [-0.4, -0.2) is 30.9 Å². The van der Waals surface area contributed by atoms with Crippen LogP contribution in [0.1, 0.15) is 13.1 Å². The Labute approximate surface area is 114 Å². The van der Waals surface area contributed by atoms with Gasteiger partial charge in [0.2, 0.25) is 5.91 Å². The van der Waals surface area contributed by atoms with Gasteiger partial charge in [-0.1, -0.05) is 29.8 Å². The van der Waals surface area contributed by atoms with Crippen LogP contribution < -0.4 is 5.32 Å². The molecule has 0 aliphatic rings. The quantitative estimate of drug-likeness (QED) is 0.667. The van der Waals surface area contributed by atoms with Gasteiger partial charge >= 0.3 is 0 Å². The van der Waals surface area contributed by atoms with Gasteiger partial charge in [-0.2, -0.15) is 5.10 Å². The first-order valence-corrected chi connectivity index (χ1v) is 5.92. The van der Waals surface area contributed by atoms with Crippen molar-refractivity contribution < 1.29 is 4.79 Å². The molecule has 0 saturated carbocycles. The summed E-state index contributed by atoms with van der Waals surface area (Å²) >= 11 is 17.7. The molecule has 0 aliphatic carbocycles. The molecule has 0 aromatic carbocycles. The van der Waals surface area contributed by atoms with Crippen molar-refractivity contribution in [2.75, 3.05) is 5.88 Å². The van der Waals surface area contributed by atoms with Gasteiger partial charge in [0, 0.05) is 5.57 Å². The zero-order chi connectivity index (χ0) is 13.1. The summed E-state index contributed by atoms with van der Waals surface area (Å²) in [7, 11) is 0. The van der Waals surface area contributed by atoms with Crippen LogP contribution in [0.5, 0.6) is 0 Å². The minimum atomic E-state index is -1.40. The van der Waals surface area contributed by atoms with E-state index in [0.29, 0.717) is 5.57 Å². The highest BCUT2D eigenvalue weighted by Gasteiger charge is 2.37. The molecule has 1 unspecified atom stereocenters. The van der Waals surface area contributed by atoms with Crippen LogP contribution >= 0.6 is 34.8 Å². The fraction of sp³-hybridized carbons (Fsp3) is 0.444. The topological polar surface area (TPSA) is 59.8 Å². The smallest absolute Gasteiger partial charge is 0.248 e. The number of nitrogens with one attached hydrogen (secondary N) is 1. The highest BCUT2D eigenvalue weighted by atomic mass is 35.5. The van der Waals surface area contributed by atoms with Gasteiger partial charge in [-0.3, -0.25) is 4.79 Å². The van der Waals surface area contributed by atoms with Gasteiger partial charge in [-0.15, -0.1) is 11.6 Å². The van der Waals surface area contributed by atoms with E-state index in [-0.39, 0.29) is 11.8 Å². The average molecular weight is 298 g/mol. The SMILES string of the molecule is C=C(C)C(=O)NC(n1cncn1)C(Cl)(Cl)CCl. The Hall–Kier alpha value is -0.780. The van der Waals surface area contributed by atoms with E-state index in [1.165, 1.54) is 17.3 Å². The highest BCUT2D eigenvalue weighted by molar-refractivity contribution is 6.51. The van der Waals surface area contributed by atoms with Crippen molar-refractivity contribution in [3.63, 3.8) is 0 Å². The molecule has 1 N–H and O–H groups in total. The monoisotopic (exact) mass is 296 g/mol. The largest absolute Gasteiger partial charge is 0.328 e. The molecule has 0 fully saturated rings. The maximum Gasteiger partial charge on any atom is 0.248 e. The fourth-order valence-electron chi connectivity index (χ4n) is 1.04. The third kappa shape index (κ3) is 3.59. The lowest BCUT2D eigenvalue weighted by atomic mass is 10.3. The number of carbonyl (C=O) groups excluding carboxylic acids is 1. The first-order valence-electron chi connectivity index (χ1n) is 4.62. The number of amides is 1. The van der Waals surface area contributed by atoms with E-state index in [9.17, 15) is 4.79 Å². The van der Waals surface area contributed by atoms with E-state index in [1.807, 2.05) is 0 Å². The van der Waals surface area contributed by atoms with Crippen LogP contribution in [0.4, 0.5) is 0 Å². The molecule has 1 aromatic heterocycles. The third-order valence-electron chi connectivity index (χ3n) is 1.93. The van der Waals surface area contributed by atoms with Crippen molar-refractivity contribution in [3.8, 4) is 0 Å². The molecule has 1 amide bonds. The molecule has 0 aliphatic heterocycles. The Morgan fingerprint density at radius 3 is 2.71 bits per heavy atom. The normalized spacial score (nSPS) is 13.2. The van der Waals surface area contributed by atoms with Crippen LogP contribution in [0.3, 0.4) is 0 Å². The number of halogens is 3. The number of hydrogen-bond acceptors (Lipinski definition) is 3. The Morgan fingerprint density at radius 1 is 1.65 bits per heavy atom. The number of nitrogens with zero attached hydrogens (tertiary/aromatic N) is 3. The van der Waals surface area contributed by atoms with Crippen LogP contribution in [-0.2, 0) is 4.79 Å². The second-order valence-corrected chi connectivity index (χ2v) is 5.24. The lowest BCUT2D eigenvalue weighted by Crippen LogP contribution is -2.44. The summed E-state index contributed by atoms with van der Waals surface area (Å²) in [5.74, 6) is -0.474. The molecule has 1 aromatic rings. The first-order chi connectivity index (χ1) is 7.88. The number of hydrogen-bond donors (Lipinski definition) is 1. The molecule has 8 heteroatoms. The minimum Gasteiger partial charge on any atom is -0.328 e. The van der Waals surface area contributed by atoms with E-state index in [0.717, 1.165) is 0 Å². The lowest BCUT2D eigenvalue weighted by Gasteiger charge is -2.28. The molecule has 1 rings (SSSR count). The molecule has 1 atom stereocenters. The van der Waals surface area contributed by atoms with E-state index in [4.69, 9.17) is 34.8 Å². The number of alkyl halides is 3. The van der Waals surface area contributed by atoms with Crippen LogP contribution in [0.2, 0.25) is 0 Å². The van der Waals surface area contributed by atoms with Crippen molar-refractivity contribution in [3.05, 3.63) is 24.8 Å². The van der Waals surface area contributed by atoms with E-state index >= 15 is 0 Å². The van der Waals surface area contributed by atoms with Crippen molar-refractivity contribution >= 4 is 40.7 Å². The van der Waals surface area contributed by atoms with Gasteiger partial charge in [0.15, 0.2) is 10.5 Å². The summed E-state index contributed by atoms with van der Waals surface area (Å²) in [6, 6.07) is 0. The van der Waals surface area contributed by atoms with Gasteiger partial charge in [0.1, 0.15) is 12.7 Å². The van der Waals surface area contributed by atoms with E-state index < -0.39 is 10.5 Å². The van der Waals surface area contributed by atoms with Crippen molar-refractivity contribution in [2.24, 2.45) is 0 Å². The zero-order valence-electron chi connectivity index (χ0n) is 9.03. The molecule has 94 valence electrons. The van der Waals surface area contributed by atoms with Gasteiger partial charge < -0.3 is 5.32 Å². The molecular formula is C9H11Cl3N4O. The number of carbonyl (C=O) groups is 1. The number of aromatic nitrogens is 3. The van der Waals surface area contributed by atoms with Crippen LogP contribution in [0, 0.1) is 0 Å². The van der Waals surface area contributed by atoms with E-state index in [1.54, 1.807) is 6.92 Å². The second kappa shape index (κ2) is 5.71. The molecule has 5 nitrogen and oxygen atoms in total. The molecule has 0 saturated heterocycles. The Kier molecular flexibility index (Phi) is 4.80. The summed E-state index contributed by atoms with van der Waals surface area (Å²) in [6.07, 6.45) is 1.86. The zero-order valence-corrected chi connectivity index (χ0v) is 11.3. The maximum atomic E-state index is 11.6. The van der Waals surface area contributed by atoms with Gasteiger partial charge in [-0.05, 0) is 6.92 Å². The summed E-state index contributed by atoms with van der Waals surface area (Å²) in [4.78, 5) is 15.3. The van der Waals surface area contributed by atoms with Crippen LogP contribution in [0.25, 0.3) is 0 Å². The first kappa shape index (κ1) is 14.3. The average Bonchev–Trinajstić information content (AvgIpc) is 2.78. The minimum absolute atomic E-state index is 0.0862. The molecular weight excluding hydrogens is 286 g/mol. The second-order valence-electron chi connectivity index (χ2n) is 3.43. The molecule has 1 heterocycles. The number of rotatable bonds is 5. The van der Waals surface area contributed by atoms with Gasteiger partial charge in [0.25, 0.3) is 0 Å². The van der Waals surface area contributed by atoms with Gasteiger partial charge in [0.05, 0.1) is 5.88 Å². The lowest BCUT2D eigenvalue weighted by molar-refractivity contribution is -0.118. The molecule has 0 radical (unpaired) electrons. The molecule has 0 bridgehead atoms. The Morgan fingerprint density at radius 2 is 2.29 bits per heavy atom. The molecule has 17 heavy (non-hydrogen) atoms. The Balaban J connectivity index is 2.96. The summed E-state index contributed by atoms with van der Waals surface area (Å²) in [5, 5.41) is 6.46. The van der Waals surface area contributed by atoms with Crippen molar-refractivity contribution in [2.45, 2.75) is 17.4 Å². The van der Waals surface area contributed by atoms with Crippen molar-refractivity contribution in [1.82, 2.24) is 20.1 Å². The highest BCUT2D eigenvalue weighted by Crippen LogP contribution is 2.33. The maximum absolute atomic E-state index is 11.6. The fourth-order valence-corrected chi connectivity index (χ4v) is 1.49. The Bertz CT molecular complexity index is 404. The standard InChI is InChI=1S/C9H11Cl3N4O/c1-6(2)7(17)15-8(9(11,12)3-10)16-5-13-4-14-16/h4-5,8H,1,3H2,2H3,(H,15,17). The predicted octanol–water partition coefficient (Wildman–Crippen LogP) is 1.88. The third-order valence-corrected chi connectivity index (χ3v) is 3.31. The van der Waals surface area contributed by atoms with E-state index in [2.05, 4.69) is 22.0 Å². The summed E-state index contributed by atoms with van der Waals surface area (Å²) in [5.41, 5.74) is 0.328. The summed E-state index contributed by atoms with van der Waals surface area (Å²) < 4.78 is -0.0798. The van der Waals surface area contributed by atoms with Gasteiger partial charge in [-0.25, -0.2) is 9.67 Å². The predicted molar refractivity (Wildman–Crippen MR) is 67.2 cm³/mol. The van der Waals surface area contributed by atoms with Crippen molar-refractivity contribution in [1.29, 1.82) is 0 Å². The van der Waals surface area contributed by atoms with Crippen LogP contribution in [0.15, 0.2) is 24.8 Å².